The maximum absolute atomic E-state index is 10.8. The summed E-state index contributed by atoms with van der Waals surface area (Å²) >= 11 is 0. The molecule has 1 atom stereocenters. The summed E-state index contributed by atoms with van der Waals surface area (Å²) in [4.78, 5) is 0. The van der Waals surface area contributed by atoms with Crippen molar-refractivity contribution in [3.63, 3.8) is 0 Å². The van der Waals surface area contributed by atoms with Crippen molar-refractivity contribution < 1.29 is 17.7 Å². The Bertz CT molecular complexity index is 371. The molecule has 0 spiro atoms. The van der Waals surface area contributed by atoms with Gasteiger partial charge >= 0.3 is 10.1 Å². The molecule has 0 saturated heterocycles. The van der Waals surface area contributed by atoms with Crippen LogP contribution in [0.3, 0.4) is 0 Å². The molecule has 0 heterocycles. The van der Waals surface area contributed by atoms with Crippen LogP contribution in [0.15, 0.2) is 18.2 Å². The summed E-state index contributed by atoms with van der Waals surface area (Å²) in [6, 6.07) is 10.1. The molecule has 0 bridgehead atoms. The molecule has 1 rings (SSSR count). The van der Waals surface area contributed by atoms with E-state index in [-0.39, 0.29) is 12.2 Å². The Kier molecular flexibility index (Phi) is 3.49. The summed E-state index contributed by atoms with van der Waals surface area (Å²) in [7, 11) is -4.18. The van der Waals surface area contributed by atoms with E-state index in [4.69, 9.17) is 9.29 Å². The molecule has 0 saturated carbocycles. The quantitative estimate of drug-likeness (QED) is 0.767. The number of rotatable bonds is 4. The Morgan fingerprint density at radius 3 is 2.50 bits per heavy atom. The van der Waals surface area contributed by atoms with Crippen molar-refractivity contribution in [3.8, 4) is 5.75 Å². The predicted molar refractivity (Wildman–Crippen MR) is 50.4 cm³/mol. The zero-order valence-electron chi connectivity index (χ0n) is 7.60. The van der Waals surface area contributed by atoms with Gasteiger partial charge < -0.3 is 4.74 Å². The highest BCUT2D eigenvalue weighted by Crippen LogP contribution is 2.13. The van der Waals surface area contributed by atoms with E-state index < -0.39 is 15.6 Å². The zero-order valence-corrected chi connectivity index (χ0v) is 8.41. The predicted octanol–water partition coefficient (Wildman–Crippen LogP) is 1.29. The van der Waals surface area contributed by atoms with Crippen LogP contribution in [0, 0.1) is 12.1 Å². The minimum atomic E-state index is -4.18. The summed E-state index contributed by atoms with van der Waals surface area (Å²) in [6.07, 6.45) is 0.162. The van der Waals surface area contributed by atoms with Crippen molar-refractivity contribution in [1.29, 1.82) is 0 Å². The van der Waals surface area contributed by atoms with Crippen molar-refractivity contribution in [3.05, 3.63) is 30.3 Å². The fourth-order valence-corrected chi connectivity index (χ4v) is 1.53. The second kappa shape index (κ2) is 4.43. The van der Waals surface area contributed by atoms with E-state index in [2.05, 4.69) is 12.1 Å². The molecule has 76 valence electrons. The number of hydrogen-bond acceptors (Lipinski definition) is 3. The van der Waals surface area contributed by atoms with Crippen LogP contribution >= 0.6 is 0 Å². The monoisotopic (exact) mass is 214 g/mol. The molecule has 0 aliphatic heterocycles. The summed E-state index contributed by atoms with van der Waals surface area (Å²) < 4.78 is 35.3. The van der Waals surface area contributed by atoms with Gasteiger partial charge in [0.25, 0.3) is 0 Å². The minimum absolute atomic E-state index is 0.162. The summed E-state index contributed by atoms with van der Waals surface area (Å²) in [6.45, 7) is 1.60. The second-order valence-corrected chi connectivity index (χ2v) is 4.17. The first kappa shape index (κ1) is 11.0. The van der Waals surface area contributed by atoms with Crippen LogP contribution in [-0.2, 0) is 10.1 Å². The highest BCUT2D eigenvalue weighted by atomic mass is 32.2. The maximum Gasteiger partial charge on any atom is 0.303 e. The molecule has 0 fully saturated rings. The lowest BCUT2D eigenvalue weighted by atomic mass is 10.3. The van der Waals surface area contributed by atoms with Gasteiger partial charge in [0.2, 0.25) is 5.44 Å². The van der Waals surface area contributed by atoms with Gasteiger partial charge in [-0.2, -0.15) is 8.42 Å². The van der Waals surface area contributed by atoms with Crippen molar-refractivity contribution in [1.82, 2.24) is 0 Å². The highest BCUT2D eigenvalue weighted by molar-refractivity contribution is 7.86. The molecule has 0 aromatic heterocycles. The molecule has 1 aromatic rings. The van der Waals surface area contributed by atoms with E-state index in [1.54, 1.807) is 25.1 Å². The summed E-state index contributed by atoms with van der Waals surface area (Å²) in [5.41, 5.74) is -1.25. The fraction of sp³-hybridized carbons (Fsp3) is 0.333. The van der Waals surface area contributed by atoms with Gasteiger partial charge in [0.15, 0.2) is 0 Å². The normalized spacial score (nSPS) is 13.6. The van der Waals surface area contributed by atoms with E-state index in [1.165, 1.54) is 0 Å². The molecule has 1 unspecified atom stereocenters. The zero-order chi connectivity index (χ0) is 10.6. The molecular weight excluding hydrogens is 204 g/mol. The van der Waals surface area contributed by atoms with Crippen molar-refractivity contribution in [2.75, 3.05) is 0 Å². The molecule has 5 heteroatoms. The molecule has 0 aliphatic carbocycles. The van der Waals surface area contributed by atoms with Gasteiger partial charge in [-0.1, -0.05) is 25.1 Å². The Morgan fingerprint density at radius 2 is 2.07 bits per heavy atom. The fourth-order valence-electron chi connectivity index (χ4n) is 0.892. The lowest BCUT2D eigenvalue weighted by Gasteiger charge is -2.13. The number of ether oxygens (including phenoxy) is 1. The minimum Gasteiger partial charge on any atom is -0.471 e. The Morgan fingerprint density at radius 1 is 1.50 bits per heavy atom. The Labute approximate surface area is 83.3 Å². The van der Waals surface area contributed by atoms with Gasteiger partial charge in [0, 0.05) is 12.1 Å². The second-order valence-electron chi connectivity index (χ2n) is 2.61. The number of para-hydroxylation sites is 1. The molecule has 14 heavy (non-hydrogen) atoms. The first-order chi connectivity index (χ1) is 6.54. The van der Waals surface area contributed by atoms with E-state index in [1.807, 2.05) is 0 Å². The first-order valence-electron chi connectivity index (χ1n) is 4.05. The lowest BCUT2D eigenvalue weighted by molar-refractivity contribution is 0.252. The average molecular weight is 214 g/mol. The van der Waals surface area contributed by atoms with Crippen LogP contribution in [0.25, 0.3) is 0 Å². The van der Waals surface area contributed by atoms with E-state index in [9.17, 15) is 8.42 Å². The van der Waals surface area contributed by atoms with Crippen LogP contribution in [0.1, 0.15) is 13.3 Å². The van der Waals surface area contributed by atoms with Crippen molar-refractivity contribution >= 4 is 10.1 Å². The third kappa shape index (κ3) is 3.01. The Hall–Kier alpha value is -1.07. The summed E-state index contributed by atoms with van der Waals surface area (Å²) in [5.74, 6) is 0.178. The molecule has 0 amide bonds. The number of benzene rings is 1. The van der Waals surface area contributed by atoms with Gasteiger partial charge in [-0.3, -0.25) is 4.55 Å². The molecule has 2 radical (unpaired) electrons. The third-order valence-electron chi connectivity index (χ3n) is 1.54. The first-order valence-corrected chi connectivity index (χ1v) is 5.55. The average Bonchev–Trinajstić information content (AvgIpc) is 2.14. The molecular formula is C9H10O4S. The highest BCUT2D eigenvalue weighted by Gasteiger charge is 2.22. The summed E-state index contributed by atoms with van der Waals surface area (Å²) in [5, 5.41) is 0. The van der Waals surface area contributed by atoms with E-state index in [0.717, 1.165) is 0 Å². The van der Waals surface area contributed by atoms with Crippen molar-refractivity contribution in [2.45, 2.75) is 18.8 Å². The SMILES string of the molecule is CCC(Oc1[c]ccc[c]1)S(=O)(=O)O. The van der Waals surface area contributed by atoms with Gasteiger partial charge in [-0.25, -0.2) is 0 Å². The van der Waals surface area contributed by atoms with Crippen LogP contribution in [-0.4, -0.2) is 18.4 Å². The van der Waals surface area contributed by atoms with Gasteiger partial charge in [0.05, 0.1) is 0 Å². The Balaban J connectivity index is 2.77. The maximum atomic E-state index is 10.8. The molecule has 4 nitrogen and oxygen atoms in total. The standard InChI is InChI=1S/C9H10O4S/c1-2-9(14(10,11)12)13-8-6-4-3-5-7-8/h3-5,9H,2H2,1H3,(H,10,11,12). The van der Waals surface area contributed by atoms with Crippen LogP contribution in [0.4, 0.5) is 0 Å². The number of hydrogen-bond donors (Lipinski definition) is 1. The van der Waals surface area contributed by atoms with Gasteiger partial charge in [-0.05, 0) is 6.42 Å². The van der Waals surface area contributed by atoms with E-state index >= 15 is 0 Å². The van der Waals surface area contributed by atoms with Crippen LogP contribution in [0.2, 0.25) is 0 Å². The molecule has 1 N–H and O–H groups in total. The largest absolute Gasteiger partial charge is 0.471 e. The van der Waals surface area contributed by atoms with E-state index in [0.29, 0.717) is 0 Å². The van der Waals surface area contributed by atoms with Crippen molar-refractivity contribution in [2.24, 2.45) is 0 Å². The van der Waals surface area contributed by atoms with Gasteiger partial charge in [-0.15, -0.1) is 0 Å². The molecule has 0 aliphatic rings. The van der Waals surface area contributed by atoms with Crippen LogP contribution < -0.4 is 4.74 Å². The topological polar surface area (TPSA) is 63.6 Å². The third-order valence-corrected chi connectivity index (χ3v) is 2.63. The smallest absolute Gasteiger partial charge is 0.303 e. The van der Waals surface area contributed by atoms with Crippen LogP contribution in [0.5, 0.6) is 5.75 Å². The van der Waals surface area contributed by atoms with Gasteiger partial charge in [0.1, 0.15) is 5.75 Å². The lowest BCUT2D eigenvalue weighted by Crippen LogP contribution is -2.26. The molecule has 1 aromatic carbocycles.